The van der Waals surface area contributed by atoms with Crippen molar-refractivity contribution in [2.24, 2.45) is 0 Å². The third-order valence-corrected chi connectivity index (χ3v) is 5.76. The molecule has 1 aromatic heterocycles. The van der Waals surface area contributed by atoms with Crippen LogP contribution in [0.1, 0.15) is 35.3 Å². The number of rotatable bonds is 7. The van der Waals surface area contributed by atoms with Crippen molar-refractivity contribution in [3.05, 3.63) is 59.1 Å². The summed E-state index contributed by atoms with van der Waals surface area (Å²) in [6, 6.07) is 14.9. The average Bonchev–Trinajstić information content (AvgIpc) is 3.12. The second-order valence-corrected chi connectivity index (χ2v) is 7.67. The minimum absolute atomic E-state index is 0.0886. The molecular weight excluding hydrogens is 374 g/mol. The molecule has 7 heteroatoms. The molecule has 146 valence electrons. The highest BCUT2D eigenvalue weighted by Crippen LogP contribution is 2.24. The number of carbonyl (C=O) groups is 2. The molecule has 0 spiro atoms. The summed E-state index contributed by atoms with van der Waals surface area (Å²) < 4.78 is 6.11. The fourth-order valence-corrected chi connectivity index (χ4v) is 3.91. The number of nitrogens with one attached hydrogen (secondary N) is 2. The van der Waals surface area contributed by atoms with Crippen LogP contribution in [0.2, 0.25) is 0 Å². The van der Waals surface area contributed by atoms with Gasteiger partial charge in [-0.25, -0.2) is 9.78 Å². The number of likely N-dealkylation sites (N-methyl/N-ethyl adjacent to an activating group) is 1. The van der Waals surface area contributed by atoms with Crippen LogP contribution in [0.25, 0.3) is 10.2 Å². The summed E-state index contributed by atoms with van der Waals surface area (Å²) in [7, 11) is 1.99. The lowest BCUT2D eigenvalue weighted by molar-refractivity contribution is -0.902. The number of esters is 1. The Morgan fingerprint density at radius 2 is 1.89 bits per heavy atom. The number of fused-ring (bicyclic) bond motifs is 1. The molecule has 1 heterocycles. The van der Waals surface area contributed by atoms with Crippen LogP contribution in [0, 0.1) is 0 Å². The van der Waals surface area contributed by atoms with E-state index in [2.05, 4.69) is 23.3 Å². The summed E-state index contributed by atoms with van der Waals surface area (Å²) in [4.78, 5) is 29.8. The van der Waals surface area contributed by atoms with Crippen molar-refractivity contribution in [1.82, 2.24) is 4.98 Å². The summed E-state index contributed by atoms with van der Waals surface area (Å²) in [5.41, 5.74) is 2.11. The fourth-order valence-electron chi connectivity index (χ4n) is 2.80. The standard InChI is InChI=1S/C21H23N3O3S/c1-4-27-21(26)15-9-11-16(12-10-15)22-19(25)13-24(3)14(2)20-23-17-7-5-6-8-18(17)28-20/h5-12,14H,4,13H2,1-3H3,(H,22,25)/p+1/t14-/m1/s1. The molecule has 2 N–H and O–H groups in total. The predicted molar refractivity (Wildman–Crippen MR) is 111 cm³/mol. The Hall–Kier alpha value is -2.77. The monoisotopic (exact) mass is 398 g/mol. The zero-order valence-corrected chi connectivity index (χ0v) is 17.0. The van der Waals surface area contributed by atoms with E-state index >= 15 is 0 Å². The van der Waals surface area contributed by atoms with E-state index in [1.165, 1.54) is 0 Å². The molecule has 0 saturated heterocycles. The molecule has 2 aromatic carbocycles. The Bertz CT molecular complexity index is 935. The third kappa shape index (κ3) is 4.74. The maximum absolute atomic E-state index is 12.4. The topological polar surface area (TPSA) is 72.7 Å². The van der Waals surface area contributed by atoms with Gasteiger partial charge in [0.1, 0.15) is 6.04 Å². The van der Waals surface area contributed by atoms with E-state index < -0.39 is 0 Å². The van der Waals surface area contributed by atoms with E-state index in [1.807, 2.05) is 25.2 Å². The van der Waals surface area contributed by atoms with Gasteiger partial charge < -0.3 is 15.0 Å². The minimum Gasteiger partial charge on any atom is -0.462 e. The zero-order chi connectivity index (χ0) is 20.1. The van der Waals surface area contributed by atoms with Gasteiger partial charge in [0.15, 0.2) is 11.6 Å². The summed E-state index contributed by atoms with van der Waals surface area (Å²) in [5.74, 6) is -0.455. The lowest BCUT2D eigenvalue weighted by Crippen LogP contribution is -3.10. The number of benzene rings is 2. The van der Waals surface area contributed by atoms with Crippen molar-refractivity contribution in [2.45, 2.75) is 19.9 Å². The number of nitrogens with zero attached hydrogens (tertiary/aromatic N) is 1. The maximum Gasteiger partial charge on any atom is 0.338 e. The van der Waals surface area contributed by atoms with E-state index in [9.17, 15) is 9.59 Å². The largest absolute Gasteiger partial charge is 0.462 e. The second kappa shape index (κ2) is 8.95. The lowest BCUT2D eigenvalue weighted by Gasteiger charge is -2.19. The number of ether oxygens (including phenoxy) is 1. The summed E-state index contributed by atoms with van der Waals surface area (Å²) in [5, 5.41) is 3.89. The number of hydrogen-bond donors (Lipinski definition) is 2. The molecule has 2 atom stereocenters. The van der Waals surface area contributed by atoms with Crippen molar-refractivity contribution in [3.63, 3.8) is 0 Å². The van der Waals surface area contributed by atoms with E-state index in [-0.39, 0.29) is 17.9 Å². The van der Waals surface area contributed by atoms with Crippen LogP contribution in [0.3, 0.4) is 0 Å². The molecule has 28 heavy (non-hydrogen) atoms. The van der Waals surface area contributed by atoms with E-state index in [4.69, 9.17) is 4.74 Å². The predicted octanol–water partition coefficient (Wildman–Crippen LogP) is 2.69. The van der Waals surface area contributed by atoms with Crippen LogP contribution in [0.5, 0.6) is 0 Å². The maximum atomic E-state index is 12.4. The van der Waals surface area contributed by atoms with Gasteiger partial charge in [-0.05, 0) is 50.2 Å². The zero-order valence-electron chi connectivity index (χ0n) is 16.2. The molecule has 0 bridgehead atoms. The minimum atomic E-state index is -0.366. The molecule has 6 nitrogen and oxygen atoms in total. The highest BCUT2D eigenvalue weighted by atomic mass is 32.1. The van der Waals surface area contributed by atoms with Gasteiger partial charge >= 0.3 is 5.97 Å². The van der Waals surface area contributed by atoms with Crippen molar-refractivity contribution in [3.8, 4) is 0 Å². The van der Waals surface area contributed by atoms with Crippen LogP contribution in [-0.2, 0) is 9.53 Å². The first-order valence-electron chi connectivity index (χ1n) is 9.22. The first kappa shape index (κ1) is 20.0. The van der Waals surface area contributed by atoms with Gasteiger partial charge in [0.25, 0.3) is 5.91 Å². The third-order valence-electron chi connectivity index (χ3n) is 4.54. The molecule has 1 amide bonds. The normalized spacial score (nSPS) is 13.1. The summed E-state index contributed by atoms with van der Waals surface area (Å²) in [6.07, 6.45) is 0. The summed E-state index contributed by atoms with van der Waals surface area (Å²) >= 11 is 1.67. The van der Waals surface area contributed by atoms with Crippen LogP contribution >= 0.6 is 11.3 Å². The first-order chi connectivity index (χ1) is 13.5. The smallest absolute Gasteiger partial charge is 0.338 e. The van der Waals surface area contributed by atoms with Crippen LogP contribution in [0.15, 0.2) is 48.5 Å². The van der Waals surface area contributed by atoms with Crippen molar-refractivity contribution < 1.29 is 19.2 Å². The molecular formula is C21H24N3O3S+. The number of anilines is 1. The SMILES string of the molecule is CCOC(=O)c1ccc(NC(=O)C[NH+](C)[C@H](C)c2nc3ccccc3s2)cc1. The van der Waals surface area contributed by atoms with E-state index in [1.54, 1.807) is 42.5 Å². The molecule has 3 rings (SSSR count). The van der Waals surface area contributed by atoms with Crippen molar-refractivity contribution in [1.29, 1.82) is 0 Å². The Morgan fingerprint density at radius 3 is 2.57 bits per heavy atom. The lowest BCUT2D eigenvalue weighted by atomic mass is 10.2. The van der Waals surface area contributed by atoms with E-state index in [0.717, 1.165) is 20.1 Å². The molecule has 0 aliphatic carbocycles. The van der Waals surface area contributed by atoms with Crippen LogP contribution in [-0.4, -0.2) is 37.1 Å². The molecule has 1 unspecified atom stereocenters. The van der Waals surface area contributed by atoms with Gasteiger partial charge in [-0.1, -0.05) is 12.1 Å². The Kier molecular flexibility index (Phi) is 6.38. The van der Waals surface area contributed by atoms with Gasteiger partial charge in [0.2, 0.25) is 0 Å². The van der Waals surface area contributed by atoms with Gasteiger partial charge in [-0.3, -0.25) is 4.79 Å². The molecule has 0 saturated carbocycles. The second-order valence-electron chi connectivity index (χ2n) is 6.61. The van der Waals surface area contributed by atoms with Crippen LogP contribution < -0.4 is 10.2 Å². The highest BCUT2D eigenvalue weighted by Gasteiger charge is 2.22. The molecule has 0 radical (unpaired) electrons. The Labute approximate surface area is 168 Å². The number of carbonyl (C=O) groups excluding carboxylic acids is 2. The van der Waals surface area contributed by atoms with Crippen LogP contribution in [0.4, 0.5) is 5.69 Å². The van der Waals surface area contributed by atoms with E-state index in [0.29, 0.717) is 24.4 Å². The quantitative estimate of drug-likeness (QED) is 0.600. The number of amides is 1. The number of aromatic nitrogens is 1. The number of hydrogen-bond acceptors (Lipinski definition) is 5. The highest BCUT2D eigenvalue weighted by molar-refractivity contribution is 7.18. The summed E-state index contributed by atoms with van der Waals surface area (Å²) in [6.45, 7) is 4.49. The first-order valence-corrected chi connectivity index (χ1v) is 10.0. The Morgan fingerprint density at radius 1 is 1.18 bits per heavy atom. The number of thiazole rings is 1. The molecule has 0 aliphatic heterocycles. The van der Waals surface area contributed by atoms with Gasteiger partial charge in [0, 0.05) is 5.69 Å². The van der Waals surface area contributed by atoms with Gasteiger partial charge in [-0.2, -0.15) is 0 Å². The Balaban J connectivity index is 1.58. The number of quaternary nitrogens is 1. The molecule has 0 aliphatic rings. The van der Waals surface area contributed by atoms with Crippen molar-refractivity contribution >= 4 is 39.1 Å². The molecule has 3 aromatic rings. The van der Waals surface area contributed by atoms with Gasteiger partial charge in [-0.15, -0.1) is 11.3 Å². The fraction of sp³-hybridized carbons (Fsp3) is 0.286. The van der Waals surface area contributed by atoms with Crippen molar-refractivity contribution in [2.75, 3.05) is 25.5 Å². The molecule has 0 fully saturated rings. The number of para-hydroxylation sites is 1. The average molecular weight is 399 g/mol. The van der Waals surface area contributed by atoms with Gasteiger partial charge in [0.05, 0.1) is 29.4 Å².